The number of rotatable bonds is 6. The molecule has 1 N–H and O–H groups in total. The number of nitrogens with zero attached hydrogens (tertiary/aromatic N) is 1. The highest BCUT2D eigenvalue weighted by atomic mass is 16.5. The van der Waals surface area contributed by atoms with Gasteiger partial charge in [0.15, 0.2) is 0 Å². The monoisotopic (exact) mass is 332 g/mol. The molecule has 0 spiro atoms. The topological polar surface area (TPSA) is 51.2 Å². The number of nitrogens with one attached hydrogen (secondary N) is 1. The van der Waals surface area contributed by atoms with Crippen molar-refractivity contribution in [3.63, 3.8) is 0 Å². The van der Waals surface area contributed by atoms with Gasteiger partial charge >= 0.3 is 0 Å². The number of hydrogen-bond donors (Lipinski definition) is 1. The molecule has 1 heterocycles. The fourth-order valence-electron chi connectivity index (χ4n) is 2.53. The van der Waals surface area contributed by atoms with Gasteiger partial charge in [-0.2, -0.15) is 0 Å². The molecular weight excluding hydrogens is 312 g/mol. The van der Waals surface area contributed by atoms with Crippen LogP contribution in [0.1, 0.15) is 34.6 Å². The Balaban J connectivity index is 1.70. The van der Waals surface area contributed by atoms with Gasteiger partial charge in [-0.15, -0.1) is 0 Å². The first-order valence-electron chi connectivity index (χ1n) is 8.21. The minimum absolute atomic E-state index is 0.134. The molecule has 0 unspecified atom stereocenters. The van der Waals surface area contributed by atoms with Gasteiger partial charge in [0.2, 0.25) is 0 Å². The number of ether oxygens (including phenoxy) is 1. The van der Waals surface area contributed by atoms with Crippen LogP contribution in [0.3, 0.4) is 0 Å². The summed E-state index contributed by atoms with van der Waals surface area (Å²) in [6.45, 7) is 2.26. The third kappa shape index (κ3) is 4.44. The summed E-state index contributed by atoms with van der Waals surface area (Å²) in [5, 5.41) is 2.99. The van der Waals surface area contributed by atoms with E-state index in [-0.39, 0.29) is 11.9 Å². The van der Waals surface area contributed by atoms with Crippen LogP contribution in [-0.2, 0) is 6.61 Å². The Morgan fingerprint density at radius 2 is 1.72 bits per heavy atom. The van der Waals surface area contributed by atoms with Crippen LogP contribution in [-0.4, -0.2) is 10.9 Å². The molecule has 0 saturated carbocycles. The number of amides is 1. The second-order valence-corrected chi connectivity index (χ2v) is 5.71. The molecule has 4 nitrogen and oxygen atoms in total. The van der Waals surface area contributed by atoms with Gasteiger partial charge in [-0.25, -0.2) is 0 Å². The van der Waals surface area contributed by atoms with Gasteiger partial charge in [-0.3, -0.25) is 9.78 Å². The first kappa shape index (κ1) is 16.7. The fourth-order valence-corrected chi connectivity index (χ4v) is 2.53. The lowest BCUT2D eigenvalue weighted by atomic mass is 10.1. The molecule has 3 aromatic rings. The van der Waals surface area contributed by atoms with E-state index in [9.17, 15) is 4.79 Å². The molecule has 1 amide bonds. The normalized spacial score (nSPS) is 11.6. The lowest BCUT2D eigenvalue weighted by Gasteiger charge is -2.15. The van der Waals surface area contributed by atoms with Gasteiger partial charge in [-0.05, 0) is 37.3 Å². The summed E-state index contributed by atoms with van der Waals surface area (Å²) >= 11 is 0. The maximum absolute atomic E-state index is 12.7. The highest BCUT2D eigenvalue weighted by Gasteiger charge is 2.15. The summed E-state index contributed by atoms with van der Waals surface area (Å²) in [4.78, 5) is 17.0. The zero-order valence-electron chi connectivity index (χ0n) is 14.1. The fraction of sp³-hybridized carbons (Fsp3) is 0.143. The smallest absolute Gasteiger partial charge is 0.252 e. The predicted molar refractivity (Wildman–Crippen MR) is 97.3 cm³/mol. The number of aromatic nitrogens is 1. The second kappa shape index (κ2) is 8.11. The van der Waals surface area contributed by atoms with E-state index in [4.69, 9.17) is 4.74 Å². The highest BCUT2D eigenvalue weighted by Crippen LogP contribution is 2.16. The molecular formula is C21H20N2O2. The molecule has 2 aromatic carbocycles. The first-order valence-corrected chi connectivity index (χ1v) is 8.21. The Hall–Kier alpha value is -3.14. The van der Waals surface area contributed by atoms with E-state index in [0.717, 1.165) is 17.0 Å². The van der Waals surface area contributed by atoms with Crippen molar-refractivity contribution in [2.75, 3.05) is 0 Å². The highest BCUT2D eigenvalue weighted by molar-refractivity contribution is 5.95. The molecule has 0 saturated heterocycles. The van der Waals surface area contributed by atoms with E-state index in [0.29, 0.717) is 12.2 Å². The molecule has 3 rings (SSSR count). The van der Waals surface area contributed by atoms with Crippen LogP contribution in [0.25, 0.3) is 0 Å². The lowest BCUT2D eigenvalue weighted by Crippen LogP contribution is -2.28. The molecule has 1 aromatic heterocycles. The van der Waals surface area contributed by atoms with Crippen LogP contribution in [0.4, 0.5) is 0 Å². The third-order valence-electron chi connectivity index (χ3n) is 3.88. The third-order valence-corrected chi connectivity index (χ3v) is 3.88. The zero-order chi connectivity index (χ0) is 17.5. The van der Waals surface area contributed by atoms with Crippen molar-refractivity contribution in [2.24, 2.45) is 0 Å². The number of para-hydroxylation sites is 1. The van der Waals surface area contributed by atoms with E-state index < -0.39 is 0 Å². The molecule has 4 heteroatoms. The summed E-state index contributed by atoms with van der Waals surface area (Å²) in [5.74, 6) is 0.643. The summed E-state index contributed by atoms with van der Waals surface area (Å²) in [5.41, 5.74) is 2.28. The Bertz CT molecular complexity index is 820. The maximum Gasteiger partial charge on any atom is 0.252 e. The molecule has 25 heavy (non-hydrogen) atoms. The molecule has 126 valence electrons. The van der Waals surface area contributed by atoms with Crippen LogP contribution >= 0.6 is 0 Å². The van der Waals surface area contributed by atoms with Gasteiger partial charge in [0, 0.05) is 17.3 Å². The Morgan fingerprint density at radius 1 is 1.00 bits per heavy atom. The van der Waals surface area contributed by atoms with Crippen molar-refractivity contribution in [2.45, 2.75) is 19.6 Å². The Kier molecular flexibility index (Phi) is 5.42. The molecule has 0 radical (unpaired) electrons. The lowest BCUT2D eigenvalue weighted by molar-refractivity contribution is 0.0936. The van der Waals surface area contributed by atoms with Crippen molar-refractivity contribution in [1.82, 2.24) is 10.3 Å². The van der Waals surface area contributed by atoms with Gasteiger partial charge in [0.25, 0.3) is 5.91 Å². The quantitative estimate of drug-likeness (QED) is 0.738. The SMILES string of the molecule is C[C@H](NC(=O)c1ccccc1COc1ccccc1)c1ccccn1. The van der Waals surface area contributed by atoms with E-state index in [1.807, 2.05) is 79.7 Å². The number of benzene rings is 2. The Morgan fingerprint density at radius 3 is 2.48 bits per heavy atom. The minimum atomic E-state index is -0.170. The standard InChI is InChI=1S/C21H20N2O2/c1-16(20-13-7-8-14-22-20)23-21(24)19-12-6-5-9-17(19)15-25-18-10-3-2-4-11-18/h2-14,16H,15H2,1H3,(H,23,24)/t16-/m0/s1. The van der Waals surface area contributed by atoms with Crippen molar-refractivity contribution >= 4 is 5.91 Å². The summed E-state index contributed by atoms with van der Waals surface area (Å²) < 4.78 is 5.78. The summed E-state index contributed by atoms with van der Waals surface area (Å²) in [7, 11) is 0. The number of carbonyl (C=O) groups excluding carboxylic acids is 1. The molecule has 0 aliphatic rings. The van der Waals surface area contributed by atoms with Gasteiger partial charge in [0.05, 0.1) is 11.7 Å². The number of carbonyl (C=O) groups is 1. The summed E-state index contributed by atoms with van der Waals surface area (Å²) in [6.07, 6.45) is 1.72. The maximum atomic E-state index is 12.7. The van der Waals surface area contributed by atoms with Crippen LogP contribution in [0, 0.1) is 0 Å². The average Bonchev–Trinajstić information content (AvgIpc) is 2.68. The average molecular weight is 332 g/mol. The molecule has 0 aliphatic heterocycles. The van der Waals surface area contributed by atoms with Crippen LogP contribution in [0.5, 0.6) is 5.75 Å². The van der Waals surface area contributed by atoms with Crippen molar-refractivity contribution in [3.05, 3.63) is 95.8 Å². The van der Waals surface area contributed by atoms with Crippen LogP contribution < -0.4 is 10.1 Å². The van der Waals surface area contributed by atoms with Crippen molar-refractivity contribution in [1.29, 1.82) is 0 Å². The van der Waals surface area contributed by atoms with E-state index in [2.05, 4.69) is 10.3 Å². The Labute approximate surface area is 147 Å². The number of hydrogen-bond acceptors (Lipinski definition) is 3. The van der Waals surface area contributed by atoms with E-state index >= 15 is 0 Å². The van der Waals surface area contributed by atoms with Crippen molar-refractivity contribution in [3.8, 4) is 5.75 Å². The predicted octanol–water partition coefficient (Wildman–Crippen LogP) is 4.15. The van der Waals surface area contributed by atoms with Gasteiger partial charge < -0.3 is 10.1 Å². The van der Waals surface area contributed by atoms with Crippen molar-refractivity contribution < 1.29 is 9.53 Å². The van der Waals surface area contributed by atoms with Gasteiger partial charge in [0.1, 0.15) is 12.4 Å². The number of pyridine rings is 1. The molecule has 0 fully saturated rings. The molecule has 0 bridgehead atoms. The first-order chi connectivity index (χ1) is 12.2. The minimum Gasteiger partial charge on any atom is -0.489 e. The van der Waals surface area contributed by atoms with E-state index in [1.165, 1.54) is 0 Å². The van der Waals surface area contributed by atoms with Crippen LogP contribution in [0.2, 0.25) is 0 Å². The largest absolute Gasteiger partial charge is 0.489 e. The van der Waals surface area contributed by atoms with Gasteiger partial charge in [-0.1, -0.05) is 42.5 Å². The molecule has 0 aliphatic carbocycles. The van der Waals surface area contributed by atoms with Crippen LogP contribution in [0.15, 0.2) is 79.0 Å². The van der Waals surface area contributed by atoms with E-state index in [1.54, 1.807) is 6.20 Å². The summed E-state index contributed by atoms with van der Waals surface area (Å²) in [6, 6.07) is 22.5. The second-order valence-electron chi connectivity index (χ2n) is 5.71. The molecule has 1 atom stereocenters. The zero-order valence-corrected chi connectivity index (χ0v) is 14.1.